The average Bonchev–Trinajstić information content (AvgIpc) is 3.07. The van der Waals surface area contributed by atoms with Crippen molar-refractivity contribution in [3.8, 4) is 0 Å². The molecule has 4 nitrogen and oxygen atoms in total. The van der Waals surface area contributed by atoms with Gasteiger partial charge in [0.1, 0.15) is 11.6 Å². The van der Waals surface area contributed by atoms with Crippen LogP contribution in [0.15, 0.2) is 48.7 Å². The number of benzene rings is 2. The fourth-order valence-electron chi connectivity index (χ4n) is 2.50. The predicted molar refractivity (Wildman–Crippen MR) is 97.5 cm³/mol. The molecule has 0 bridgehead atoms. The van der Waals surface area contributed by atoms with Gasteiger partial charge >= 0.3 is 6.18 Å². The number of hydrogen-bond acceptors (Lipinski definition) is 2. The van der Waals surface area contributed by atoms with Gasteiger partial charge in [0.15, 0.2) is 0 Å². The summed E-state index contributed by atoms with van der Waals surface area (Å²) in [6.07, 6.45) is -2.24. The Hall–Kier alpha value is -2.51. The normalized spacial score (nSPS) is 11.4. The van der Waals surface area contributed by atoms with E-state index in [4.69, 9.17) is 23.2 Å². The zero-order valence-corrected chi connectivity index (χ0v) is 15.1. The number of aromatic amines is 1. The summed E-state index contributed by atoms with van der Waals surface area (Å²) >= 11 is 12.3. The van der Waals surface area contributed by atoms with Gasteiger partial charge in [-0.2, -0.15) is 13.2 Å². The Labute approximate surface area is 162 Å². The van der Waals surface area contributed by atoms with Crippen LogP contribution in [0.5, 0.6) is 0 Å². The number of halogens is 5. The monoisotopic (exact) mass is 413 g/mol. The maximum absolute atomic E-state index is 12.7. The molecule has 3 aromatic rings. The first-order valence-corrected chi connectivity index (χ1v) is 8.43. The SMILES string of the molecule is O=CN(c1ccc(C(F)(F)F)cc1)c1cnc(Cc2c(Cl)cccc2Cl)[nH]1. The van der Waals surface area contributed by atoms with Gasteiger partial charge in [-0.15, -0.1) is 0 Å². The summed E-state index contributed by atoms with van der Waals surface area (Å²) in [6, 6.07) is 9.37. The van der Waals surface area contributed by atoms with Crippen LogP contribution in [0.3, 0.4) is 0 Å². The molecule has 0 saturated carbocycles. The van der Waals surface area contributed by atoms with E-state index in [1.54, 1.807) is 18.2 Å². The number of carbonyl (C=O) groups excluding carboxylic acids is 1. The topological polar surface area (TPSA) is 49.0 Å². The molecule has 27 heavy (non-hydrogen) atoms. The molecule has 0 aliphatic carbocycles. The number of rotatable bonds is 5. The number of carbonyl (C=O) groups is 1. The van der Waals surface area contributed by atoms with Crippen molar-refractivity contribution < 1.29 is 18.0 Å². The number of nitrogens with zero attached hydrogens (tertiary/aromatic N) is 2. The average molecular weight is 414 g/mol. The minimum absolute atomic E-state index is 0.268. The minimum Gasteiger partial charge on any atom is -0.328 e. The van der Waals surface area contributed by atoms with Crippen molar-refractivity contribution in [2.24, 2.45) is 0 Å². The summed E-state index contributed by atoms with van der Waals surface area (Å²) in [5.41, 5.74) is 0.147. The second-order valence-corrected chi connectivity index (χ2v) is 6.43. The Morgan fingerprint density at radius 2 is 1.70 bits per heavy atom. The lowest BCUT2D eigenvalue weighted by molar-refractivity contribution is -0.137. The van der Waals surface area contributed by atoms with Crippen LogP contribution < -0.4 is 4.90 Å². The molecule has 0 unspecified atom stereocenters. The second-order valence-electron chi connectivity index (χ2n) is 5.61. The highest BCUT2D eigenvalue weighted by molar-refractivity contribution is 6.36. The molecule has 0 aliphatic heterocycles. The van der Waals surface area contributed by atoms with E-state index in [1.807, 2.05) is 0 Å². The van der Waals surface area contributed by atoms with Gasteiger partial charge in [-0.1, -0.05) is 29.3 Å². The fourth-order valence-corrected chi connectivity index (χ4v) is 3.03. The van der Waals surface area contributed by atoms with Gasteiger partial charge < -0.3 is 4.98 Å². The standard InChI is InChI=1S/C18H12Cl2F3N3O/c19-14-2-1-3-15(20)13(14)8-16-24-9-17(25-16)26(10-27)12-6-4-11(5-7-12)18(21,22)23/h1-7,9-10H,8H2,(H,24,25). The first kappa shape index (κ1) is 19.3. The molecular formula is C18H12Cl2F3N3O. The van der Waals surface area contributed by atoms with E-state index in [0.29, 0.717) is 40.1 Å². The van der Waals surface area contributed by atoms with Gasteiger partial charge in [-0.3, -0.25) is 9.69 Å². The first-order valence-electron chi connectivity index (χ1n) is 7.68. The van der Waals surface area contributed by atoms with Crippen molar-refractivity contribution in [1.82, 2.24) is 9.97 Å². The molecule has 2 aromatic carbocycles. The Morgan fingerprint density at radius 1 is 1.07 bits per heavy atom. The molecule has 0 atom stereocenters. The van der Waals surface area contributed by atoms with Gasteiger partial charge in [-0.25, -0.2) is 4.98 Å². The van der Waals surface area contributed by atoms with E-state index in [9.17, 15) is 18.0 Å². The highest BCUT2D eigenvalue weighted by Crippen LogP contribution is 2.32. The maximum Gasteiger partial charge on any atom is 0.416 e. The van der Waals surface area contributed by atoms with Crippen LogP contribution in [0.4, 0.5) is 24.7 Å². The quantitative estimate of drug-likeness (QED) is 0.551. The largest absolute Gasteiger partial charge is 0.416 e. The lowest BCUT2D eigenvalue weighted by atomic mass is 10.1. The molecule has 1 aromatic heterocycles. The number of imidazole rings is 1. The molecule has 0 spiro atoms. The number of aromatic nitrogens is 2. The Kier molecular flexibility index (Phi) is 5.43. The summed E-state index contributed by atoms with van der Waals surface area (Å²) < 4.78 is 38.0. The third-order valence-electron chi connectivity index (χ3n) is 3.86. The van der Waals surface area contributed by atoms with Crippen LogP contribution in [-0.2, 0) is 17.4 Å². The van der Waals surface area contributed by atoms with Crippen LogP contribution in [0.2, 0.25) is 10.0 Å². The second kappa shape index (κ2) is 7.62. The number of nitrogens with one attached hydrogen (secondary N) is 1. The summed E-state index contributed by atoms with van der Waals surface area (Å²) in [5.74, 6) is 0.807. The summed E-state index contributed by atoms with van der Waals surface area (Å²) in [7, 11) is 0. The zero-order valence-electron chi connectivity index (χ0n) is 13.6. The Morgan fingerprint density at radius 3 is 2.26 bits per heavy atom. The number of amides is 1. The highest BCUT2D eigenvalue weighted by Gasteiger charge is 2.30. The van der Waals surface area contributed by atoms with E-state index in [1.165, 1.54) is 18.3 Å². The Balaban J connectivity index is 1.84. The molecule has 1 N–H and O–H groups in total. The number of alkyl halides is 3. The van der Waals surface area contributed by atoms with Crippen LogP contribution >= 0.6 is 23.2 Å². The van der Waals surface area contributed by atoms with Crippen LogP contribution in [-0.4, -0.2) is 16.4 Å². The molecule has 0 aliphatic rings. The maximum atomic E-state index is 12.7. The van der Waals surface area contributed by atoms with Crippen molar-refractivity contribution in [3.63, 3.8) is 0 Å². The summed E-state index contributed by atoms with van der Waals surface area (Å²) in [4.78, 5) is 19.8. The van der Waals surface area contributed by atoms with Crippen molar-refractivity contribution in [1.29, 1.82) is 0 Å². The van der Waals surface area contributed by atoms with Gasteiger partial charge in [0.25, 0.3) is 0 Å². The molecule has 3 rings (SSSR count). The van der Waals surface area contributed by atoms with Crippen molar-refractivity contribution in [3.05, 3.63) is 75.7 Å². The van der Waals surface area contributed by atoms with E-state index in [0.717, 1.165) is 17.0 Å². The lowest BCUT2D eigenvalue weighted by Crippen LogP contribution is -2.15. The summed E-state index contributed by atoms with van der Waals surface area (Å²) in [5, 5.41) is 0.964. The number of H-pyrrole nitrogens is 1. The van der Waals surface area contributed by atoms with Crippen LogP contribution in [0.25, 0.3) is 0 Å². The first-order chi connectivity index (χ1) is 12.8. The molecule has 0 saturated heterocycles. The third-order valence-corrected chi connectivity index (χ3v) is 4.57. The molecule has 140 valence electrons. The van der Waals surface area contributed by atoms with Gasteiger partial charge in [0, 0.05) is 16.5 Å². The molecular weight excluding hydrogens is 402 g/mol. The lowest BCUT2D eigenvalue weighted by Gasteiger charge is -2.16. The van der Waals surface area contributed by atoms with Gasteiger partial charge in [0.05, 0.1) is 17.4 Å². The molecule has 0 fully saturated rings. The number of anilines is 2. The van der Waals surface area contributed by atoms with E-state index in [2.05, 4.69) is 9.97 Å². The van der Waals surface area contributed by atoms with Crippen molar-refractivity contribution in [2.75, 3.05) is 4.90 Å². The molecule has 1 heterocycles. The zero-order chi connectivity index (χ0) is 19.6. The van der Waals surface area contributed by atoms with Crippen LogP contribution in [0.1, 0.15) is 17.0 Å². The van der Waals surface area contributed by atoms with E-state index in [-0.39, 0.29) is 5.69 Å². The smallest absolute Gasteiger partial charge is 0.328 e. The molecule has 1 amide bonds. The van der Waals surface area contributed by atoms with E-state index >= 15 is 0 Å². The van der Waals surface area contributed by atoms with Crippen molar-refractivity contribution >= 4 is 41.1 Å². The van der Waals surface area contributed by atoms with Crippen molar-refractivity contribution in [2.45, 2.75) is 12.6 Å². The number of hydrogen-bond donors (Lipinski definition) is 1. The van der Waals surface area contributed by atoms with E-state index < -0.39 is 11.7 Å². The molecule has 0 radical (unpaired) electrons. The van der Waals surface area contributed by atoms with Gasteiger partial charge in [-0.05, 0) is 42.0 Å². The summed E-state index contributed by atoms with van der Waals surface area (Å²) in [6.45, 7) is 0. The highest BCUT2D eigenvalue weighted by atomic mass is 35.5. The predicted octanol–water partition coefficient (Wildman–Crippen LogP) is 5.62. The van der Waals surface area contributed by atoms with Crippen LogP contribution in [0, 0.1) is 0 Å². The third kappa shape index (κ3) is 4.26. The fraction of sp³-hybridized carbons (Fsp3) is 0.111. The van der Waals surface area contributed by atoms with Gasteiger partial charge in [0.2, 0.25) is 6.41 Å². The Bertz CT molecular complexity index is 935. The minimum atomic E-state index is -4.44. The molecule has 9 heteroatoms.